The molecule has 170 valence electrons. The number of piperidine rings is 2. The van der Waals surface area contributed by atoms with Gasteiger partial charge in [0.25, 0.3) is 0 Å². The molecule has 0 aromatic heterocycles. The van der Waals surface area contributed by atoms with Gasteiger partial charge in [-0.15, -0.1) is 0 Å². The van der Waals surface area contributed by atoms with Crippen LogP contribution in [0.25, 0.3) is 0 Å². The van der Waals surface area contributed by atoms with E-state index >= 15 is 0 Å². The summed E-state index contributed by atoms with van der Waals surface area (Å²) in [7, 11) is 0. The molecule has 0 aromatic rings. The third kappa shape index (κ3) is 5.67. The van der Waals surface area contributed by atoms with Crippen LogP contribution < -0.4 is 5.32 Å². The maximum absolute atomic E-state index is 13.1. The van der Waals surface area contributed by atoms with Gasteiger partial charge in [0, 0.05) is 51.2 Å². The largest absolute Gasteiger partial charge is 0.353 e. The highest BCUT2D eigenvalue weighted by molar-refractivity contribution is 5.83. The molecule has 1 atom stereocenters. The van der Waals surface area contributed by atoms with Gasteiger partial charge in [-0.3, -0.25) is 9.59 Å². The van der Waals surface area contributed by atoms with Crippen LogP contribution in [0.15, 0.2) is 0 Å². The summed E-state index contributed by atoms with van der Waals surface area (Å²) >= 11 is 0. The maximum Gasteiger partial charge on any atom is 0.319 e. The van der Waals surface area contributed by atoms with Crippen molar-refractivity contribution in [2.75, 3.05) is 39.3 Å². The Bertz CT molecular complexity index is 593. The fourth-order valence-electron chi connectivity index (χ4n) is 5.23. The monoisotopic (exact) mass is 420 g/mol. The fourth-order valence-corrected chi connectivity index (χ4v) is 5.23. The van der Waals surface area contributed by atoms with E-state index in [2.05, 4.69) is 5.32 Å². The molecule has 1 aliphatic carbocycles. The van der Waals surface area contributed by atoms with Gasteiger partial charge in [0.15, 0.2) is 0 Å². The van der Waals surface area contributed by atoms with Gasteiger partial charge in [0.05, 0.1) is 5.92 Å². The van der Waals surface area contributed by atoms with Gasteiger partial charge >= 0.3 is 6.03 Å². The predicted molar refractivity (Wildman–Crippen MR) is 117 cm³/mol. The van der Waals surface area contributed by atoms with Crippen LogP contribution in [0, 0.1) is 11.8 Å². The van der Waals surface area contributed by atoms with Crippen molar-refractivity contribution < 1.29 is 14.4 Å². The van der Waals surface area contributed by atoms with Crippen LogP contribution in [-0.4, -0.2) is 77.9 Å². The van der Waals surface area contributed by atoms with E-state index in [-0.39, 0.29) is 29.7 Å². The normalized spacial score (nSPS) is 23.9. The maximum atomic E-state index is 13.1. The number of nitrogens with zero attached hydrogens (tertiary/aromatic N) is 3. The molecule has 3 aliphatic rings. The second-order valence-electron chi connectivity index (χ2n) is 9.18. The van der Waals surface area contributed by atoms with E-state index in [0.29, 0.717) is 38.8 Å². The Hall–Kier alpha value is -1.79. The molecule has 30 heavy (non-hydrogen) atoms. The lowest BCUT2D eigenvalue weighted by Gasteiger charge is -2.38. The third-order valence-electron chi connectivity index (χ3n) is 7.20. The summed E-state index contributed by atoms with van der Waals surface area (Å²) in [4.78, 5) is 44.0. The lowest BCUT2D eigenvalue weighted by molar-refractivity contribution is -0.140. The molecule has 4 amide bonds. The van der Waals surface area contributed by atoms with Crippen molar-refractivity contribution >= 4 is 17.8 Å². The van der Waals surface area contributed by atoms with Gasteiger partial charge in [-0.05, 0) is 52.4 Å². The smallest absolute Gasteiger partial charge is 0.319 e. The Kier molecular flexibility index (Phi) is 8.40. The lowest BCUT2D eigenvalue weighted by Crippen LogP contribution is -2.51. The number of rotatable bonds is 5. The molecule has 1 saturated carbocycles. The standard InChI is InChI=1S/C23H40N4O3/c1-3-25(4-2)23(30)26-15-12-18(13-16-26)22(29)27-14-8-9-19(17-27)21(28)24-20-10-6-5-7-11-20/h18-20H,3-17H2,1-2H3,(H,24,28). The molecule has 7 heteroatoms. The first kappa shape index (κ1) is 22.9. The zero-order chi connectivity index (χ0) is 21.5. The van der Waals surface area contributed by atoms with Crippen LogP contribution in [0.1, 0.15) is 71.6 Å². The van der Waals surface area contributed by atoms with E-state index in [1.54, 1.807) is 0 Å². The number of carbonyl (C=O) groups is 3. The van der Waals surface area contributed by atoms with Gasteiger partial charge in [-0.2, -0.15) is 0 Å². The summed E-state index contributed by atoms with van der Waals surface area (Å²) in [6.45, 7) is 8.01. The number of urea groups is 1. The first-order valence-corrected chi connectivity index (χ1v) is 12.2. The van der Waals surface area contributed by atoms with Gasteiger partial charge in [0.1, 0.15) is 0 Å². The number of hydrogen-bond acceptors (Lipinski definition) is 3. The highest BCUT2D eigenvalue weighted by Crippen LogP contribution is 2.25. The minimum Gasteiger partial charge on any atom is -0.353 e. The molecule has 1 unspecified atom stereocenters. The van der Waals surface area contributed by atoms with Crippen molar-refractivity contribution in [3.05, 3.63) is 0 Å². The summed E-state index contributed by atoms with van der Waals surface area (Å²) in [6.07, 6.45) is 9.08. The molecular weight excluding hydrogens is 380 g/mol. The van der Waals surface area contributed by atoms with Crippen LogP contribution in [0.3, 0.4) is 0 Å². The Balaban J connectivity index is 1.47. The molecule has 3 rings (SSSR count). The highest BCUT2D eigenvalue weighted by Gasteiger charge is 2.35. The molecule has 2 heterocycles. The van der Waals surface area contributed by atoms with E-state index < -0.39 is 0 Å². The van der Waals surface area contributed by atoms with Crippen LogP contribution in [0.4, 0.5) is 4.79 Å². The molecule has 3 fully saturated rings. The summed E-state index contributed by atoms with van der Waals surface area (Å²) in [6, 6.07) is 0.410. The number of hydrogen-bond donors (Lipinski definition) is 1. The summed E-state index contributed by atoms with van der Waals surface area (Å²) < 4.78 is 0. The predicted octanol–water partition coefficient (Wildman–Crippen LogP) is 2.85. The second-order valence-corrected chi connectivity index (χ2v) is 9.18. The van der Waals surface area contributed by atoms with Crippen molar-refractivity contribution in [3.8, 4) is 0 Å². The van der Waals surface area contributed by atoms with Gasteiger partial charge < -0.3 is 20.0 Å². The topological polar surface area (TPSA) is 73.0 Å². The summed E-state index contributed by atoms with van der Waals surface area (Å²) in [5.41, 5.74) is 0. The molecule has 1 N–H and O–H groups in total. The second kappa shape index (κ2) is 11.0. The number of amides is 4. The molecular formula is C23H40N4O3. The van der Waals surface area contributed by atoms with Crippen molar-refractivity contribution in [1.82, 2.24) is 20.0 Å². The number of carbonyl (C=O) groups excluding carboxylic acids is 3. The van der Waals surface area contributed by atoms with Crippen molar-refractivity contribution in [3.63, 3.8) is 0 Å². The molecule has 0 radical (unpaired) electrons. The summed E-state index contributed by atoms with van der Waals surface area (Å²) in [5, 5.41) is 3.24. The number of likely N-dealkylation sites (tertiary alicyclic amines) is 2. The van der Waals surface area contributed by atoms with E-state index in [1.165, 1.54) is 19.3 Å². The van der Waals surface area contributed by atoms with Crippen LogP contribution in [0.2, 0.25) is 0 Å². The average molecular weight is 421 g/mol. The van der Waals surface area contributed by atoms with E-state index in [4.69, 9.17) is 0 Å². The summed E-state index contributed by atoms with van der Waals surface area (Å²) in [5.74, 6) is 0.221. The van der Waals surface area contributed by atoms with Crippen LogP contribution >= 0.6 is 0 Å². The quantitative estimate of drug-likeness (QED) is 0.743. The first-order chi connectivity index (χ1) is 14.5. The molecule has 0 bridgehead atoms. The zero-order valence-electron chi connectivity index (χ0n) is 18.9. The molecule has 7 nitrogen and oxygen atoms in total. The zero-order valence-corrected chi connectivity index (χ0v) is 18.9. The minimum absolute atomic E-state index is 0.0223. The molecule has 0 spiro atoms. The first-order valence-electron chi connectivity index (χ1n) is 12.2. The van der Waals surface area contributed by atoms with Gasteiger partial charge in [0.2, 0.25) is 11.8 Å². The Morgan fingerprint density at radius 3 is 2.10 bits per heavy atom. The molecule has 2 aliphatic heterocycles. The van der Waals surface area contributed by atoms with Crippen molar-refractivity contribution in [2.45, 2.75) is 77.7 Å². The highest BCUT2D eigenvalue weighted by atomic mass is 16.2. The molecule has 0 aromatic carbocycles. The van der Waals surface area contributed by atoms with Crippen molar-refractivity contribution in [2.24, 2.45) is 11.8 Å². The lowest BCUT2D eigenvalue weighted by atomic mass is 9.91. The van der Waals surface area contributed by atoms with Gasteiger partial charge in [-0.25, -0.2) is 4.79 Å². The number of nitrogens with one attached hydrogen (secondary N) is 1. The van der Waals surface area contributed by atoms with E-state index in [1.807, 2.05) is 28.5 Å². The Morgan fingerprint density at radius 2 is 1.47 bits per heavy atom. The Morgan fingerprint density at radius 1 is 0.800 bits per heavy atom. The van der Waals surface area contributed by atoms with Crippen LogP contribution in [-0.2, 0) is 9.59 Å². The average Bonchev–Trinajstić information content (AvgIpc) is 2.80. The van der Waals surface area contributed by atoms with Crippen LogP contribution in [0.5, 0.6) is 0 Å². The fraction of sp³-hybridized carbons (Fsp3) is 0.870. The third-order valence-corrected chi connectivity index (χ3v) is 7.20. The SMILES string of the molecule is CCN(CC)C(=O)N1CCC(C(=O)N2CCCC(C(=O)NC3CCCCC3)C2)CC1. The van der Waals surface area contributed by atoms with E-state index in [0.717, 1.165) is 45.1 Å². The van der Waals surface area contributed by atoms with Crippen molar-refractivity contribution in [1.29, 1.82) is 0 Å². The molecule has 2 saturated heterocycles. The Labute approximate surface area is 181 Å². The minimum atomic E-state index is -0.0750. The van der Waals surface area contributed by atoms with Gasteiger partial charge in [-0.1, -0.05) is 19.3 Å². The van der Waals surface area contributed by atoms with E-state index in [9.17, 15) is 14.4 Å².